The minimum Gasteiger partial charge on any atom is -0.450 e. The molecule has 0 aromatic rings. The van der Waals surface area contributed by atoms with Gasteiger partial charge in [0.15, 0.2) is 0 Å². The third kappa shape index (κ3) is 9.81. The van der Waals surface area contributed by atoms with Crippen molar-refractivity contribution in [3.63, 3.8) is 0 Å². The van der Waals surface area contributed by atoms with Crippen molar-refractivity contribution >= 4 is 6.16 Å². The molecule has 0 rings (SSSR count). The van der Waals surface area contributed by atoms with Crippen LogP contribution in [-0.4, -0.2) is 17.4 Å². The lowest BCUT2D eigenvalue weighted by Gasteiger charge is -2.15. The van der Waals surface area contributed by atoms with Crippen molar-refractivity contribution in [2.75, 3.05) is 0 Å². The number of hydrogen-bond acceptors (Lipinski definition) is 2. The Morgan fingerprint density at radius 2 is 1.50 bits per heavy atom. The Balaban J connectivity index is 3.67. The van der Waals surface area contributed by atoms with Gasteiger partial charge in [-0.15, -0.1) is 0 Å². The molecule has 0 bridgehead atoms. The number of ether oxygens (including phenoxy) is 1. The van der Waals surface area contributed by atoms with Crippen molar-refractivity contribution in [1.29, 1.82) is 0 Å². The monoisotopic (exact) mass is 230 g/mol. The van der Waals surface area contributed by atoms with Crippen LogP contribution in [-0.2, 0) is 4.74 Å². The summed E-state index contributed by atoms with van der Waals surface area (Å²) in [4.78, 5) is 10.5. The molecular formula is C13H26O3. The van der Waals surface area contributed by atoms with Gasteiger partial charge in [-0.2, -0.15) is 0 Å². The molecule has 3 nitrogen and oxygen atoms in total. The van der Waals surface area contributed by atoms with Crippen LogP contribution in [0.2, 0.25) is 0 Å². The number of carbonyl (C=O) groups is 1. The van der Waals surface area contributed by atoms with Crippen molar-refractivity contribution in [3.8, 4) is 0 Å². The van der Waals surface area contributed by atoms with Crippen LogP contribution in [0.25, 0.3) is 0 Å². The maximum Gasteiger partial charge on any atom is 0.506 e. The molecule has 0 saturated carbocycles. The van der Waals surface area contributed by atoms with E-state index in [4.69, 9.17) is 9.84 Å². The van der Waals surface area contributed by atoms with Crippen molar-refractivity contribution in [2.24, 2.45) is 0 Å². The van der Waals surface area contributed by atoms with Gasteiger partial charge in [0.2, 0.25) is 0 Å². The highest BCUT2D eigenvalue weighted by atomic mass is 16.7. The van der Waals surface area contributed by atoms with Gasteiger partial charge in [0.25, 0.3) is 0 Å². The van der Waals surface area contributed by atoms with E-state index in [0.29, 0.717) is 0 Å². The average Bonchev–Trinajstić information content (AvgIpc) is 2.23. The number of carboxylic acid groups (broad SMARTS) is 1. The summed E-state index contributed by atoms with van der Waals surface area (Å²) in [6, 6.07) is 0. The summed E-state index contributed by atoms with van der Waals surface area (Å²) in [5.41, 5.74) is 0. The first-order valence-electron chi connectivity index (χ1n) is 6.60. The molecule has 0 aromatic carbocycles. The second-order valence-electron chi connectivity index (χ2n) is 4.35. The summed E-state index contributed by atoms with van der Waals surface area (Å²) in [6.45, 7) is 4.32. The summed E-state index contributed by atoms with van der Waals surface area (Å²) < 4.78 is 4.89. The normalized spacial score (nSPS) is 12.4. The molecule has 0 radical (unpaired) electrons. The second-order valence-corrected chi connectivity index (χ2v) is 4.35. The predicted molar refractivity (Wildman–Crippen MR) is 65.8 cm³/mol. The first kappa shape index (κ1) is 15.3. The molecule has 1 atom stereocenters. The Labute approximate surface area is 99.2 Å². The maximum absolute atomic E-state index is 10.5. The van der Waals surface area contributed by atoms with E-state index in [1.54, 1.807) is 0 Å². The van der Waals surface area contributed by atoms with Crippen LogP contribution in [0.3, 0.4) is 0 Å². The van der Waals surface area contributed by atoms with Crippen LogP contribution in [0.5, 0.6) is 0 Å². The summed E-state index contributed by atoms with van der Waals surface area (Å²) in [5, 5.41) is 8.62. The third-order valence-corrected chi connectivity index (χ3v) is 2.78. The zero-order chi connectivity index (χ0) is 12.2. The molecule has 96 valence electrons. The van der Waals surface area contributed by atoms with Gasteiger partial charge in [-0.3, -0.25) is 0 Å². The zero-order valence-corrected chi connectivity index (χ0v) is 10.7. The van der Waals surface area contributed by atoms with Gasteiger partial charge in [-0.1, -0.05) is 46.0 Å². The first-order valence-corrected chi connectivity index (χ1v) is 6.60. The molecule has 0 aliphatic carbocycles. The molecule has 0 aliphatic rings. The number of hydrogen-bond donors (Lipinski definition) is 1. The quantitative estimate of drug-likeness (QED) is 0.440. The lowest BCUT2D eigenvalue weighted by molar-refractivity contribution is 0.0423. The standard InChI is InChI=1S/C13H26O3/c1-3-5-7-9-11-12(16-13(14)15)10-8-6-4-2/h12H,3-11H2,1-2H3,(H,14,15). The van der Waals surface area contributed by atoms with Crippen LogP contribution >= 0.6 is 0 Å². The van der Waals surface area contributed by atoms with Crippen LogP contribution in [0.15, 0.2) is 0 Å². The third-order valence-electron chi connectivity index (χ3n) is 2.78. The van der Waals surface area contributed by atoms with Gasteiger partial charge >= 0.3 is 6.16 Å². The van der Waals surface area contributed by atoms with Crippen LogP contribution in [0.1, 0.15) is 71.6 Å². The Bertz CT molecular complexity index is 169. The highest BCUT2D eigenvalue weighted by Crippen LogP contribution is 2.14. The van der Waals surface area contributed by atoms with Gasteiger partial charge < -0.3 is 9.84 Å². The second kappa shape index (κ2) is 10.8. The minimum absolute atomic E-state index is 0.0825. The number of rotatable bonds is 10. The van der Waals surface area contributed by atoms with E-state index in [2.05, 4.69) is 13.8 Å². The fourth-order valence-electron chi connectivity index (χ4n) is 1.83. The zero-order valence-electron chi connectivity index (χ0n) is 10.7. The van der Waals surface area contributed by atoms with E-state index in [1.165, 1.54) is 19.3 Å². The Morgan fingerprint density at radius 3 is 2.00 bits per heavy atom. The molecule has 1 N–H and O–H groups in total. The lowest BCUT2D eigenvalue weighted by atomic mass is 10.0. The van der Waals surface area contributed by atoms with Crippen LogP contribution < -0.4 is 0 Å². The molecule has 0 aliphatic heterocycles. The molecule has 0 spiro atoms. The van der Waals surface area contributed by atoms with E-state index in [1.807, 2.05) is 0 Å². The molecule has 16 heavy (non-hydrogen) atoms. The summed E-state index contributed by atoms with van der Waals surface area (Å²) in [6.07, 6.45) is 8.66. The summed E-state index contributed by atoms with van der Waals surface area (Å²) in [7, 11) is 0. The largest absolute Gasteiger partial charge is 0.506 e. The van der Waals surface area contributed by atoms with Gasteiger partial charge in [-0.25, -0.2) is 4.79 Å². The van der Waals surface area contributed by atoms with Crippen molar-refractivity contribution < 1.29 is 14.6 Å². The van der Waals surface area contributed by atoms with Gasteiger partial charge in [0.05, 0.1) is 0 Å². The lowest BCUT2D eigenvalue weighted by Crippen LogP contribution is -2.16. The Hall–Kier alpha value is -0.730. The van der Waals surface area contributed by atoms with Gasteiger partial charge in [0, 0.05) is 0 Å². The minimum atomic E-state index is -1.13. The SMILES string of the molecule is CCCCCCC(CCCCC)OC(=O)O. The molecule has 0 aromatic heterocycles. The summed E-state index contributed by atoms with van der Waals surface area (Å²) >= 11 is 0. The highest BCUT2D eigenvalue weighted by Gasteiger charge is 2.12. The predicted octanol–water partition coefficient (Wildman–Crippen LogP) is 4.60. The van der Waals surface area contributed by atoms with Gasteiger partial charge in [0.1, 0.15) is 6.10 Å². The van der Waals surface area contributed by atoms with Gasteiger partial charge in [-0.05, 0) is 25.7 Å². The number of unbranched alkanes of at least 4 members (excludes halogenated alkanes) is 5. The topological polar surface area (TPSA) is 46.5 Å². The maximum atomic E-state index is 10.5. The Kier molecular flexibility index (Phi) is 10.3. The van der Waals surface area contributed by atoms with E-state index >= 15 is 0 Å². The van der Waals surface area contributed by atoms with Crippen LogP contribution in [0, 0.1) is 0 Å². The first-order chi connectivity index (χ1) is 7.70. The molecule has 3 heteroatoms. The average molecular weight is 230 g/mol. The van der Waals surface area contributed by atoms with Crippen molar-refractivity contribution in [3.05, 3.63) is 0 Å². The molecule has 0 saturated heterocycles. The molecule has 0 amide bonds. The highest BCUT2D eigenvalue weighted by molar-refractivity contribution is 5.57. The Morgan fingerprint density at radius 1 is 1.00 bits per heavy atom. The fraction of sp³-hybridized carbons (Fsp3) is 0.923. The molecule has 0 heterocycles. The molecule has 1 unspecified atom stereocenters. The van der Waals surface area contributed by atoms with E-state index < -0.39 is 6.16 Å². The summed E-state index contributed by atoms with van der Waals surface area (Å²) in [5.74, 6) is 0. The van der Waals surface area contributed by atoms with E-state index in [9.17, 15) is 4.79 Å². The van der Waals surface area contributed by atoms with Crippen molar-refractivity contribution in [1.82, 2.24) is 0 Å². The van der Waals surface area contributed by atoms with E-state index in [-0.39, 0.29) is 6.10 Å². The molecule has 0 fully saturated rings. The fourth-order valence-corrected chi connectivity index (χ4v) is 1.83. The van der Waals surface area contributed by atoms with Crippen LogP contribution in [0.4, 0.5) is 4.79 Å². The van der Waals surface area contributed by atoms with E-state index in [0.717, 1.165) is 38.5 Å². The van der Waals surface area contributed by atoms with Crippen molar-refractivity contribution in [2.45, 2.75) is 77.7 Å². The molecular weight excluding hydrogens is 204 g/mol. The smallest absolute Gasteiger partial charge is 0.450 e.